The van der Waals surface area contributed by atoms with Crippen molar-refractivity contribution in [2.45, 2.75) is 96.5 Å². The van der Waals surface area contributed by atoms with Crippen LogP contribution in [0.2, 0.25) is 0 Å². The molecule has 0 aliphatic heterocycles. The molecule has 0 aromatic rings. The second-order valence-electron chi connectivity index (χ2n) is 8.44. The lowest BCUT2D eigenvalue weighted by Gasteiger charge is -2.16. The number of aliphatic hydroxyl groups is 1. The first-order chi connectivity index (χ1) is 14.9. The van der Waals surface area contributed by atoms with E-state index in [1.54, 1.807) is 6.26 Å². The Kier molecular flexibility index (Phi) is 21.1. The maximum absolute atomic E-state index is 11.6. The van der Waals surface area contributed by atoms with Crippen LogP contribution in [0.25, 0.3) is 0 Å². The summed E-state index contributed by atoms with van der Waals surface area (Å²) in [5.74, 6) is 0. The Hall–Kier alpha value is -0.430. The van der Waals surface area contributed by atoms with Crippen LogP contribution >= 0.6 is 7.82 Å². The lowest BCUT2D eigenvalue weighted by molar-refractivity contribution is 0.0302. The molecule has 0 spiro atoms. The van der Waals surface area contributed by atoms with E-state index in [-0.39, 0.29) is 19.8 Å². The lowest BCUT2D eigenvalue weighted by Crippen LogP contribution is -2.21. The molecule has 8 heteroatoms. The van der Waals surface area contributed by atoms with E-state index < -0.39 is 13.9 Å². The maximum atomic E-state index is 11.6. The molecular formula is C23H48NO6P. The summed E-state index contributed by atoms with van der Waals surface area (Å²) in [6.07, 6.45) is 19.5. The van der Waals surface area contributed by atoms with Gasteiger partial charge in [-0.3, -0.25) is 9.05 Å². The quantitative estimate of drug-likeness (QED) is 0.114. The number of phosphoric acid groups is 1. The fourth-order valence-electron chi connectivity index (χ4n) is 3.01. The van der Waals surface area contributed by atoms with Crippen molar-refractivity contribution in [1.29, 1.82) is 0 Å². The average Bonchev–Trinajstić information content (AvgIpc) is 2.71. The first-order valence-electron chi connectivity index (χ1n) is 12.1. The molecule has 0 bridgehead atoms. The highest BCUT2D eigenvalue weighted by molar-refractivity contribution is 7.47. The normalized spacial score (nSPS) is 14.9. The van der Waals surface area contributed by atoms with E-state index in [0.29, 0.717) is 6.54 Å². The number of hydrogen-bond acceptors (Lipinski definition) is 6. The number of ether oxygens (including phenoxy) is 1. The fourth-order valence-corrected chi connectivity index (χ4v) is 3.76. The molecule has 0 aliphatic carbocycles. The zero-order chi connectivity index (χ0) is 23.2. The van der Waals surface area contributed by atoms with E-state index >= 15 is 0 Å². The summed E-state index contributed by atoms with van der Waals surface area (Å²) in [4.78, 5) is 11.3. The van der Waals surface area contributed by atoms with Crippen LogP contribution in [0.3, 0.4) is 0 Å². The van der Waals surface area contributed by atoms with Gasteiger partial charge in [-0.1, -0.05) is 77.6 Å². The Balaban J connectivity index is 3.45. The Morgan fingerprint density at radius 2 is 1.42 bits per heavy atom. The molecule has 0 aliphatic rings. The topological polar surface area (TPSA) is 88.5 Å². The van der Waals surface area contributed by atoms with Gasteiger partial charge in [-0.15, -0.1) is 0 Å². The van der Waals surface area contributed by atoms with Gasteiger partial charge in [-0.25, -0.2) is 4.57 Å². The number of allylic oxidation sites excluding steroid dienone is 1. The molecule has 0 rings (SSSR count). The number of likely N-dealkylation sites (N-methyl/N-ethyl adjacent to an activating group) is 1. The molecule has 7 nitrogen and oxygen atoms in total. The van der Waals surface area contributed by atoms with Crippen LogP contribution in [0.1, 0.15) is 90.4 Å². The summed E-state index contributed by atoms with van der Waals surface area (Å²) in [6.45, 7) is 2.53. The second kappa shape index (κ2) is 21.4. The monoisotopic (exact) mass is 465 g/mol. The SMILES string of the molecule is CCCCCCCCCCCCCC/C=C\OCC(O)COP(=O)(O)OCCN(C)C. The Bertz CT molecular complexity index is 461. The smallest absolute Gasteiger partial charge is 0.472 e. The molecule has 2 unspecified atom stereocenters. The van der Waals surface area contributed by atoms with Gasteiger partial charge >= 0.3 is 7.82 Å². The average molecular weight is 466 g/mol. The Morgan fingerprint density at radius 1 is 0.871 bits per heavy atom. The summed E-state index contributed by atoms with van der Waals surface area (Å²) in [5.41, 5.74) is 0. The number of unbranched alkanes of at least 4 members (excludes halogenated alkanes) is 12. The molecule has 0 radical (unpaired) electrons. The third kappa shape index (κ3) is 24.1. The predicted octanol–water partition coefficient (Wildman–Crippen LogP) is 5.66. The summed E-state index contributed by atoms with van der Waals surface area (Å²) < 4.78 is 26.5. The highest BCUT2D eigenvalue weighted by Gasteiger charge is 2.22. The standard InChI is InChI=1S/C23H48NO6P/c1-4-5-6-7-8-9-10-11-12-13-14-15-16-17-19-28-21-23(25)22-30-31(26,27)29-20-18-24(2)3/h17,19,23,25H,4-16,18,20-22H2,1-3H3,(H,26,27)/b19-17-. The number of aliphatic hydroxyl groups excluding tert-OH is 1. The summed E-state index contributed by atoms with van der Waals surface area (Å²) in [5, 5.41) is 9.76. The van der Waals surface area contributed by atoms with Crippen LogP contribution in [-0.4, -0.2) is 61.5 Å². The Morgan fingerprint density at radius 3 is 1.97 bits per heavy atom. The van der Waals surface area contributed by atoms with Crippen molar-refractivity contribution in [3.63, 3.8) is 0 Å². The van der Waals surface area contributed by atoms with E-state index in [1.807, 2.05) is 25.1 Å². The molecule has 0 aromatic heterocycles. The van der Waals surface area contributed by atoms with E-state index in [0.717, 1.165) is 12.8 Å². The van der Waals surface area contributed by atoms with Crippen LogP contribution < -0.4 is 0 Å². The molecule has 0 saturated heterocycles. The van der Waals surface area contributed by atoms with Crippen LogP contribution in [0.4, 0.5) is 0 Å². The van der Waals surface area contributed by atoms with E-state index in [9.17, 15) is 14.6 Å². The van der Waals surface area contributed by atoms with Gasteiger partial charge in [-0.05, 0) is 33.0 Å². The highest BCUT2D eigenvalue weighted by Crippen LogP contribution is 2.42. The second-order valence-corrected chi connectivity index (χ2v) is 9.89. The van der Waals surface area contributed by atoms with Crippen molar-refractivity contribution >= 4 is 7.82 Å². The fraction of sp³-hybridized carbons (Fsp3) is 0.913. The maximum Gasteiger partial charge on any atom is 0.472 e. The minimum absolute atomic E-state index is 0.00659. The van der Waals surface area contributed by atoms with Crippen molar-refractivity contribution in [1.82, 2.24) is 4.90 Å². The first kappa shape index (κ1) is 30.6. The summed E-state index contributed by atoms with van der Waals surface area (Å²) in [6, 6.07) is 0. The minimum Gasteiger partial charge on any atom is -0.499 e. The van der Waals surface area contributed by atoms with E-state index in [1.165, 1.54) is 70.6 Å². The molecule has 0 aromatic carbocycles. The van der Waals surface area contributed by atoms with Gasteiger partial charge in [0.2, 0.25) is 0 Å². The zero-order valence-corrected chi connectivity index (χ0v) is 21.1. The van der Waals surface area contributed by atoms with Crippen molar-refractivity contribution in [3.05, 3.63) is 12.3 Å². The van der Waals surface area contributed by atoms with Gasteiger partial charge in [0.05, 0.1) is 19.5 Å². The summed E-state index contributed by atoms with van der Waals surface area (Å²) in [7, 11) is -0.474. The van der Waals surface area contributed by atoms with Crippen LogP contribution in [0, 0.1) is 0 Å². The molecule has 0 fully saturated rings. The van der Waals surface area contributed by atoms with Gasteiger partial charge in [0.25, 0.3) is 0 Å². The molecule has 0 amide bonds. The lowest BCUT2D eigenvalue weighted by atomic mass is 10.0. The van der Waals surface area contributed by atoms with E-state index in [2.05, 4.69) is 6.92 Å². The van der Waals surface area contributed by atoms with Gasteiger partial charge in [0, 0.05) is 6.54 Å². The van der Waals surface area contributed by atoms with Crippen LogP contribution in [-0.2, 0) is 18.3 Å². The van der Waals surface area contributed by atoms with Gasteiger partial charge in [0.1, 0.15) is 12.7 Å². The largest absolute Gasteiger partial charge is 0.499 e. The van der Waals surface area contributed by atoms with E-state index in [4.69, 9.17) is 13.8 Å². The number of rotatable bonds is 23. The zero-order valence-electron chi connectivity index (χ0n) is 20.2. The van der Waals surface area contributed by atoms with Crippen molar-refractivity contribution < 1.29 is 28.3 Å². The van der Waals surface area contributed by atoms with Crippen molar-refractivity contribution in [2.24, 2.45) is 0 Å². The number of hydrogen-bond donors (Lipinski definition) is 2. The predicted molar refractivity (Wildman–Crippen MR) is 127 cm³/mol. The van der Waals surface area contributed by atoms with Crippen LogP contribution in [0.15, 0.2) is 12.3 Å². The summed E-state index contributed by atoms with van der Waals surface area (Å²) >= 11 is 0. The molecule has 31 heavy (non-hydrogen) atoms. The third-order valence-corrected chi connectivity index (χ3v) is 5.91. The molecule has 0 heterocycles. The van der Waals surface area contributed by atoms with Crippen LogP contribution in [0.5, 0.6) is 0 Å². The molecule has 186 valence electrons. The number of nitrogens with zero attached hydrogens (tertiary/aromatic N) is 1. The first-order valence-corrected chi connectivity index (χ1v) is 13.6. The molecular weight excluding hydrogens is 417 g/mol. The minimum atomic E-state index is -4.14. The molecule has 2 atom stereocenters. The molecule has 0 saturated carbocycles. The van der Waals surface area contributed by atoms with Gasteiger partial charge in [-0.2, -0.15) is 0 Å². The van der Waals surface area contributed by atoms with Gasteiger partial charge in [0.15, 0.2) is 0 Å². The molecule has 2 N–H and O–H groups in total. The van der Waals surface area contributed by atoms with Gasteiger partial charge < -0.3 is 19.6 Å². The highest BCUT2D eigenvalue weighted by atomic mass is 31.2. The van der Waals surface area contributed by atoms with Crippen molar-refractivity contribution in [2.75, 3.05) is 40.5 Å². The van der Waals surface area contributed by atoms with Crippen molar-refractivity contribution in [3.8, 4) is 0 Å². The number of phosphoric ester groups is 1. The Labute approximate surface area is 190 Å². The third-order valence-electron chi connectivity index (χ3n) is 4.93.